The van der Waals surface area contributed by atoms with E-state index >= 15 is 0 Å². The average Bonchev–Trinajstić information content (AvgIpc) is 2.41. The molecule has 0 aromatic carbocycles. The number of rotatable bonds is 7. The van der Waals surface area contributed by atoms with Crippen LogP contribution in [0, 0.1) is 0 Å². The van der Waals surface area contributed by atoms with Crippen LogP contribution in [0.25, 0.3) is 0 Å². The molecule has 0 fully saturated rings. The van der Waals surface area contributed by atoms with Gasteiger partial charge in [-0.3, -0.25) is 4.79 Å². The lowest BCUT2D eigenvalue weighted by molar-refractivity contribution is -0.127. The topological polar surface area (TPSA) is 87.4 Å². The maximum atomic E-state index is 11.8. The molecule has 20 heavy (non-hydrogen) atoms. The zero-order valence-corrected chi connectivity index (χ0v) is 12.7. The number of nitrogen functional groups attached to an aromatic ring is 1. The molecule has 0 unspecified atom stereocenters. The summed E-state index contributed by atoms with van der Waals surface area (Å²) < 4.78 is 0. The normalized spacial score (nSPS) is 10.2. The first-order valence-corrected chi connectivity index (χ1v) is 6.81. The lowest BCUT2D eigenvalue weighted by atomic mass is 10.4. The van der Waals surface area contributed by atoms with Gasteiger partial charge in [0.2, 0.25) is 11.9 Å². The third-order valence-corrected chi connectivity index (χ3v) is 2.82. The maximum Gasteiger partial charge on any atom is 0.241 e. The third-order valence-electron chi connectivity index (χ3n) is 2.82. The Balaban J connectivity index is 2.90. The monoisotopic (exact) mass is 280 g/mol. The zero-order chi connectivity index (χ0) is 15.1. The number of nitrogens with two attached hydrogens (primary N) is 1. The zero-order valence-electron chi connectivity index (χ0n) is 12.7. The van der Waals surface area contributed by atoms with Gasteiger partial charge in [0.15, 0.2) is 0 Å². The van der Waals surface area contributed by atoms with E-state index in [1.54, 1.807) is 19.0 Å². The van der Waals surface area contributed by atoms with Gasteiger partial charge in [-0.2, -0.15) is 9.97 Å². The molecular weight excluding hydrogens is 256 g/mol. The highest BCUT2D eigenvalue weighted by Gasteiger charge is 2.14. The van der Waals surface area contributed by atoms with Crippen LogP contribution < -0.4 is 16.0 Å². The van der Waals surface area contributed by atoms with E-state index < -0.39 is 0 Å². The van der Waals surface area contributed by atoms with Gasteiger partial charge in [-0.25, -0.2) is 0 Å². The summed E-state index contributed by atoms with van der Waals surface area (Å²) in [5.74, 6) is 1.57. The van der Waals surface area contributed by atoms with Crippen molar-refractivity contribution in [3.8, 4) is 0 Å². The van der Waals surface area contributed by atoms with E-state index in [2.05, 4.69) is 22.2 Å². The Morgan fingerprint density at radius 2 is 2.05 bits per heavy atom. The predicted octanol–water partition coefficient (Wildman–Crippen LogP) is 0.795. The van der Waals surface area contributed by atoms with E-state index in [1.807, 2.05) is 17.9 Å². The Hall–Kier alpha value is -2.05. The highest BCUT2D eigenvalue weighted by atomic mass is 16.2. The molecule has 0 radical (unpaired) electrons. The second-order valence-electron chi connectivity index (χ2n) is 4.70. The number of hydrogen-bond acceptors (Lipinski definition) is 6. The summed E-state index contributed by atoms with van der Waals surface area (Å²) in [5.41, 5.74) is 5.73. The molecule has 0 atom stereocenters. The SMILES string of the molecule is CCCNc1cc(N(CC)CC(=O)N(C)C)nc(N)n1. The fourth-order valence-corrected chi connectivity index (χ4v) is 1.62. The molecule has 1 amide bonds. The minimum absolute atomic E-state index is 0.0205. The summed E-state index contributed by atoms with van der Waals surface area (Å²) in [6, 6.07) is 1.82. The van der Waals surface area contributed by atoms with Crippen LogP contribution in [0.2, 0.25) is 0 Å². The molecule has 1 aromatic heterocycles. The Bertz CT molecular complexity index is 448. The predicted molar refractivity (Wildman–Crippen MR) is 81.8 cm³/mol. The largest absolute Gasteiger partial charge is 0.370 e. The molecule has 3 N–H and O–H groups in total. The van der Waals surface area contributed by atoms with Crippen molar-refractivity contribution >= 4 is 23.5 Å². The summed E-state index contributed by atoms with van der Waals surface area (Å²) in [6.07, 6.45) is 0.996. The lowest BCUT2D eigenvalue weighted by Gasteiger charge is -2.23. The molecule has 0 aliphatic heterocycles. The first kappa shape index (κ1) is 16.0. The molecule has 0 bridgehead atoms. The van der Waals surface area contributed by atoms with Crippen molar-refractivity contribution in [1.29, 1.82) is 0 Å². The van der Waals surface area contributed by atoms with Crippen molar-refractivity contribution in [2.75, 3.05) is 49.7 Å². The second-order valence-corrected chi connectivity index (χ2v) is 4.70. The molecular formula is C13H24N6O. The highest BCUT2D eigenvalue weighted by molar-refractivity contribution is 5.80. The van der Waals surface area contributed by atoms with Crippen LogP contribution >= 0.6 is 0 Å². The first-order chi connectivity index (χ1) is 9.47. The molecule has 7 heteroatoms. The van der Waals surface area contributed by atoms with Crippen molar-refractivity contribution < 1.29 is 4.79 Å². The summed E-state index contributed by atoms with van der Waals surface area (Å²) in [5, 5.41) is 3.18. The standard InChI is InChI=1S/C13H24N6O/c1-5-7-15-10-8-11(17-13(14)16-10)19(6-2)9-12(20)18(3)4/h8H,5-7,9H2,1-4H3,(H3,14,15,16,17). The molecule has 7 nitrogen and oxygen atoms in total. The fraction of sp³-hybridized carbons (Fsp3) is 0.615. The number of nitrogens with one attached hydrogen (secondary N) is 1. The van der Waals surface area contributed by atoms with Crippen LogP contribution in [0.3, 0.4) is 0 Å². The minimum Gasteiger partial charge on any atom is -0.370 e. The average molecular weight is 280 g/mol. The number of amides is 1. The van der Waals surface area contributed by atoms with E-state index in [4.69, 9.17) is 5.73 Å². The number of carbonyl (C=O) groups is 1. The number of hydrogen-bond donors (Lipinski definition) is 2. The van der Waals surface area contributed by atoms with Gasteiger partial charge in [0.05, 0.1) is 6.54 Å². The van der Waals surface area contributed by atoms with Crippen LogP contribution in [0.5, 0.6) is 0 Å². The van der Waals surface area contributed by atoms with Crippen LogP contribution in [0.4, 0.5) is 17.6 Å². The summed E-state index contributed by atoms with van der Waals surface area (Å²) in [6.45, 7) is 5.81. The lowest BCUT2D eigenvalue weighted by Crippen LogP contribution is -2.37. The summed E-state index contributed by atoms with van der Waals surface area (Å²) in [7, 11) is 3.47. The van der Waals surface area contributed by atoms with Gasteiger partial charge in [-0.15, -0.1) is 0 Å². The minimum atomic E-state index is 0.0205. The molecule has 0 aliphatic carbocycles. The second kappa shape index (κ2) is 7.52. The van der Waals surface area contributed by atoms with E-state index in [9.17, 15) is 4.79 Å². The summed E-state index contributed by atoms with van der Waals surface area (Å²) >= 11 is 0. The fourth-order valence-electron chi connectivity index (χ4n) is 1.62. The Morgan fingerprint density at radius 1 is 1.35 bits per heavy atom. The molecule has 0 saturated carbocycles. The maximum absolute atomic E-state index is 11.8. The number of anilines is 3. The number of likely N-dealkylation sites (N-methyl/N-ethyl adjacent to an activating group) is 2. The van der Waals surface area contributed by atoms with Gasteiger partial charge >= 0.3 is 0 Å². The van der Waals surface area contributed by atoms with Crippen molar-refractivity contribution in [1.82, 2.24) is 14.9 Å². The van der Waals surface area contributed by atoms with E-state index in [0.717, 1.165) is 13.0 Å². The van der Waals surface area contributed by atoms with Gasteiger partial charge in [0.25, 0.3) is 0 Å². The van der Waals surface area contributed by atoms with Gasteiger partial charge in [0.1, 0.15) is 11.6 Å². The molecule has 0 saturated heterocycles. The van der Waals surface area contributed by atoms with Gasteiger partial charge in [-0.05, 0) is 13.3 Å². The summed E-state index contributed by atoms with van der Waals surface area (Å²) in [4.78, 5) is 23.6. The Labute approximate surface area is 120 Å². The Kier molecular flexibility index (Phi) is 6.02. The van der Waals surface area contributed by atoms with E-state index in [-0.39, 0.29) is 18.4 Å². The molecule has 0 spiro atoms. The Morgan fingerprint density at radius 3 is 2.60 bits per heavy atom. The van der Waals surface area contributed by atoms with E-state index in [1.165, 1.54) is 0 Å². The van der Waals surface area contributed by atoms with Crippen molar-refractivity contribution in [2.24, 2.45) is 0 Å². The van der Waals surface area contributed by atoms with Crippen LogP contribution in [0.1, 0.15) is 20.3 Å². The number of aromatic nitrogens is 2. The number of carbonyl (C=O) groups excluding carboxylic acids is 1. The van der Waals surface area contributed by atoms with Crippen LogP contribution in [-0.4, -0.2) is 54.5 Å². The quantitative estimate of drug-likeness (QED) is 0.768. The smallest absolute Gasteiger partial charge is 0.241 e. The molecule has 1 aromatic rings. The van der Waals surface area contributed by atoms with Gasteiger partial charge in [-0.1, -0.05) is 6.92 Å². The molecule has 112 valence electrons. The van der Waals surface area contributed by atoms with Gasteiger partial charge in [0, 0.05) is 33.3 Å². The highest BCUT2D eigenvalue weighted by Crippen LogP contribution is 2.17. The van der Waals surface area contributed by atoms with Crippen molar-refractivity contribution in [3.63, 3.8) is 0 Å². The van der Waals surface area contributed by atoms with E-state index in [0.29, 0.717) is 18.2 Å². The third kappa shape index (κ3) is 4.56. The van der Waals surface area contributed by atoms with Crippen LogP contribution in [0.15, 0.2) is 6.07 Å². The van der Waals surface area contributed by atoms with Crippen molar-refractivity contribution in [3.05, 3.63) is 6.07 Å². The number of nitrogens with zero attached hydrogens (tertiary/aromatic N) is 4. The molecule has 1 heterocycles. The molecule has 1 rings (SSSR count). The van der Waals surface area contributed by atoms with Gasteiger partial charge < -0.3 is 20.9 Å². The first-order valence-electron chi connectivity index (χ1n) is 6.81. The van der Waals surface area contributed by atoms with Crippen LogP contribution in [-0.2, 0) is 4.79 Å². The molecule has 0 aliphatic rings. The van der Waals surface area contributed by atoms with Crippen molar-refractivity contribution in [2.45, 2.75) is 20.3 Å².